The number of anilines is 1. The number of carbonyl (C=O) groups excluding carboxylic acids is 2. The number of rotatable bonds is 4. The van der Waals surface area contributed by atoms with E-state index < -0.39 is 28.4 Å². The molecule has 1 aliphatic heterocycles. The normalized spacial score (nSPS) is 16.1. The molecule has 0 spiro atoms. The number of nitrogens with one attached hydrogen (secondary N) is 1. The molecule has 1 heterocycles. The second kappa shape index (κ2) is 6.76. The first-order chi connectivity index (χ1) is 12.3. The monoisotopic (exact) mass is 370 g/mol. The number of hydrogen-bond donors (Lipinski definition) is 1. The van der Waals surface area contributed by atoms with Crippen LogP contribution in [0.25, 0.3) is 4.91 Å². The van der Waals surface area contributed by atoms with Gasteiger partial charge >= 0.3 is 0 Å². The Kier molecular flexibility index (Phi) is 4.65. The number of hydrogen-bond acceptors (Lipinski definition) is 4. The van der Waals surface area contributed by atoms with Gasteiger partial charge < -0.3 is 5.32 Å². The van der Waals surface area contributed by atoms with Crippen LogP contribution in [-0.4, -0.2) is 31.1 Å². The standard InChI is InChI=1S/C19H18N2O4S/c1-13-8-6-7-11-16(13)20-17(22)12-21-19(23)14(2)18(26(21,24)25)15-9-4-3-5-10-15/h3-11H,12H2,1-2H3,(H,20,22). The quantitative estimate of drug-likeness (QED) is 0.896. The summed E-state index contributed by atoms with van der Waals surface area (Å²) in [4.78, 5) is 24.7. The van der Waals surface area contributed by atoms with Gasteiger partial charge in [-0.15, -0.1) is 0 Å². The maximum atomic E-state index is 12.8. The van der Waals surface area contributed by atoms with Gasteiger partial charge in [0, 0.05) is 11.3 Å². The summed E-state index contributed by atoms with van der Waals surface area (Å²) in [6.45, 7) is 2.72. The van der Waals surface area contributed by atoms with Crippen molar-refractivity contribution in [2.45, 2.75) is 13.8 Å². The average Bonchev–Trinajstić information content (AvgIpc) is 2.77. The highest BCUT2D eigenvalue weighted by Gasteiger charge is 2.43. The third-order valence-electron chi connectivity index (χ3n) is 4.18. The predicted molar refractivity (Wildman–Crippen MR) is 99.5 cm³/mol. The number of amides is 2. The fraction of sp³-hybridized carbons (Fsp3) is 0.158. The number of aryl methyl sites for hydroxylation is 1. The van der Waals surface area contributed by atoms with E-state index in [0.717, 1.165) is 5.56 Å². The first-order valence-electron chi connectivity index (χ1n) is 8.01. The molecule has 2 aromatic carbocycles. The Bertz CT molecular complexity index is 1010. The Labute approximate surface area is 152 Å². The summed E-state index contributed by atoms with van der Waals surface area (Å²) in [5.41, 5.74) is 1.96. The lowest BCUT2D eigenvalue weighted by molar-refractivity contribution is -0.126. The fourth-order valence-corrected chi connectivity index (χ4v) is 4.61. The SMILES string of the molecule is CC1=C(c2ccccc2)S(=O)(=O)N(CC(=O)Nc2ccccc2C)C1=O. The van der Waals surface area contributed by atoms with Crippen LogP contribution in [0.1, 0.15) is 18.1 Å². The van der Waals surface area contributed by atoms with E-state index in [4.69, 9.17) is 0 Å². The summed E-state index contributed by atoms with van der Waals surface area (Å²) in [5.74, 6) is -1.25. The minimum atomic E-state index is -4.07. The van der Waals surface area contributed by atoms with Crippen LogP contribution in [0.4, 0.5) is 5.69 Å². The Balaban J connectivity index is 1.85. The number of carbonyl (C=O) groups is 2. The molecule has 0 saturated carbocycles. The lowest BCUT2D eigenvalue weighted by Gasteiger charge is -2.17. The molecule has 0 saturated heterocycles. The van der Waals surface area contributed by atoms with Crippen molar-refractivity contribution < 1.29 is 18.0 Å². The Morgan fingerprint density at radius 1 is 1.00 bits per heavy atom. The molecule has 1 N–H and O–H groups in total. The zero-order chi connectivity index (χ0) is 18.9. The van der Waals surface area contributed by atoms with E-state index in [9.17, 15) is 18.0 Å². The molecule has 0 fully saturated rings. The molecule has 26 heavy (non-hydrogen) atoms. The molecular formula is C19H18N2O4S. The van der Waals surface area contributed by atoms with Crippen LogP contribution in [0.15, 0.2) is 60.2 Å². The van der Waals surface area contributed by atoms with E-state index >= 15 is 0 Å². The minimum Gasteiger partial charge on any atom is -0.324 e. The van der Waals surface area contributed by atoms with Gasteiger partial charge in [-0.05, 0) is 31.0 Å². The molecule has 7 heteroatoms. The van der Waals surface area contributed by atoms with Gasteiger partial charge in [-0.2, -0.15) is 0 Å². The van der Waals surface area contributed by atoms with Crippen LogP contribution < -0.4 is 5.32 Å². The van der Waals surface area contributed by atoms with Gasteiger partial charge in [0.15, 0.2) is 0 Å². The van der Waals surface area contributed by atoms with Gasteiger partial charge in [-0.25, -0.2) is 12.7 Å². The van der Waals surface area contributed by atoms with Crippen LogP contribution in [-0.2, 0) is 19.6 Å². The lowest BCUT2D eigenvalue weighted by atomic mass is 10.1. The highest BCUT2D eigenvalue weighted by molar-refractivity contribution is 7.99. The average molecular weight is 370 g/mol. The number of nitrogens with zero attached hydrogens (tertiary/aromatic N) is 1. The van der Waals surface area contributed by atoms with Crippen molar-refractivity contribution in [2.24, 2.45) is 0 Å². The van der Waals surface area contributed by atoms with Gasteiger partial charge in [0.05, 0.1) is 0 Å². The third-order valence-corrected chi connectivity index (χ3v) is 6.11. The zero-order valence-electron chi connectivity index (χ0n) is 14.4. The van der Waals surface area contributed by atoms with Crippen LogP contribution in [0.3, 0.4) is 0 Å². The molecule has 0 atom stereocenters. The predicted octanol–water partition coefficient (Wildman–Crippen LogP) is 2.54. The summed E-state index contributed by atoms with van der Waals surface area (Å²) >= 11 is 0. The second-order valence-electron chi connectivity index (χ2n) is 6.00. The van der Waals surface area contributed by atoms with Crippen molar-refractivity contribution in [2.75, 3.05) is 11.9 Å². The van der Waals surface area contributed by atoms with E-state index in [1.807, 2.05) is 19.1 Å². The molecule has 0 aliphatic carbocycles. The van der Waals surface area contributed by atoms with E-state index in [2.05, 4.69) is 5.32 Å². The van der Waals surface area contributed by atoms with Crippen molar-refractivity contribution in [1.29, 1.82) is 0 Å². The van der Waals surface area contributed by atoms with Crippen LogP contribution >= 0.6 is 0 Å². The first-order valence-corrected chi connectivity index (χ1v) is 9.45. The van der Waals surface area contributed by atoms with Gasteiger partial charge in [0.25, 0.3) is 15.9 Å². The second-order valence-corrected chi connectivity index (χ2v) is 7.80. The summed E-state index contributed by atoms with van der Waals surface area (Å²) < 4.78 is 26.3. The van der Waals surface area contributed by atoms with E-state index in [1.165, 1.54) is 6.92 Å². The van der Waals surface area contributed by atoms with Gasteiger partial charge in [-0.3, -0.25) is 9.59 Å². The molecule has 0 radical (unpaired) electrons. The van der Waals surface area contributed by atoms with Crippen LogP contribution in [0, 0.1) is 6.92 Å². The van der Waals surface area contributed by atoms with Crippen LogP contribution in [0.5, 0.6) is 0 Å². The highest BCUT2D eigenvalue weighted by Crippen LogP contribution is 2.35. The lowest BCUT2D eigenvalue weighted by Crippen LogP contribution is -2.38. The molecular weight excluding hydrogens is 352 g/mol. The number of benzene rings is 2. The molecule has 3 rings (SSSR count). The zero-order valence-corrected chi connectivity index (χ0v) is 15.2. The van der Waals surface area contributed by atoms with Crippen molar-refractivity contribution in [3.63, 3.8) is 0 Å². The molecule has 2 aromatic rings. The molecule has 2 amide bonds. The maximum absolute atomic E-state index is 12.8. The smallest absolute Gasteiger partial charge is 0.268 e. The first kappa shape index (κ1) is 17.9. The van der Waals surface area contributed by atoms with E-state index in [1.54, 1.807) is 42.5 Å². The molecule has 134 valence electrons. The van der Waals surface area contributed by atoms with Crippen LogP contribution in [0.2, 0.25) is 0 Å². The molecule has 0 unspecified atom stereocenters. The van der Waals surface area contributed by atoms with Crippen molar-refractivity contribution in [3.8, 4) is 0 Å². The molecule has 0 bridgehead atoms. The van der Waals surface area contributed by atoms with Crippen molar-refractivity contribution in [1.82, 2.24) is 4.31 Å². The van der Waals surface area contributed by atoms with Gasteiger partial charge in [-0.1, -0.05) is 48.5 Å². The number of para-hydroxylation sites is 1. The third kappa shape index (κ3) is 3.13. The van der Waals surface area contributed by atoms with Gasteiger partial charge in [0.2, 0.25) is 5.91 Å². The molecule has 1 aliphatic rings. The highest BCUT2D eigenvalue weighted by atomic mass is 32.2. The van der Waals surface area contributed by atoms with Crippen molar-refractivity contribution in [3.05, 3.63) is 71.3 Å². The summed E-state index contributed by atoms with van der Waals surface area (Å²) in [6.07, 6.45) is 0. The van der Waals surface area contributed by atoms with E-state index in [0.29, 0.717) is 15.6 Å². The number of sulfonamides is 1. The minimum absolute atomic E-state index is 0.0493. The Morgan fingerprint density at radius 3 is 2.27 bits per heavy atom. The maximum Gasteiger partial charge on any atom is 0.268 e. The summed E-state index contributed by atoms with van der Waals surface area (Å²) in [6, 6.07) is 15.5. The topological polar surface area (TPSA) is 83.6 Å². The summed E-state index contributed by atoms with van der Waals surface area (Å²) in [5, 5.41) is 2.65. The summed E-state index contributed by atoms with van der Waals surface area (Å²) in [7, 11) is -4.07. The molecule has 6 nitrogen and oxygen atoms in total. The fourth-order valence-electron chi connectivity index (χ4n) is 2.84. The van der Waals surface area contributed by atoms with Crippen molar-refractivity contribution >= 4 is 32.4 Å². The van der Waals surface area contributed by atoms with Gasteiger partial charge in [0.1, 0.15) is 11.4 Å². The Morgan fingerprint density at radius 2 is 1.62 bits per heavy atom. The largest absolute Gasteiger partial charge is 0.324 e. The molecule has 0 aromatic heterocycles. The Hall–Kier alpha value is -2.93. The van der Waals surface area contributed by atoms with E-state index in [-0.39, 0.29) is 10.5 Å².